The van der Waals surface area contributed by atoms with Gasteiger partial charge in [-0.1, -0.05) is 0 Å². The molecule has 0 bridgehead atoms. The van der Waals surface area contributed by atoms with Gasteiger partial charge in [-0.3, -0.25) is 4.99 Å². The molecule has 0 aromatic rings. The highest BCUT2D eigenvalue weighted by Crippen LogP contribution is 2.32. The van der Waals surface area contributed by atoms with Crippen molar-refractivity contribution >= 4 is 36.0 Å². The second-order valence-corrected chi connectivity index (χ2v) is 6.38. The predicted molar refractivity (Wildman–Crippen MR) is 110 cm³/mol. The molecule has 8 heteroatoms. The number of rotatable bonds is 7. The van der Waals surface area contributed by atoms with Crippen LogP contribution in [-0.4, -0.2) is 69.0 Å². The Morgan fingerprint density at radius 2 is 1.88 bits per heavy atom. The van der Waals surface area contributed by atoms with Crippen molar-refractivity contribution < 1.29 is 14.3 Å². The van der Waals surface area contributed by atoms with Gasteiger partial charge in [-0.25, -0.2) is 4.79 Å². The zero-order valence-electron chi connectivity index (χ0n) is 15.6. The van der Waals surface area contributed by atoms with Crippen LogP contribution in [0.4, 0.5) is 4.79 Å². The number of hydrogen-bond donors (Lipinski definition) is 2. The maximum Gasteiger partial charge on any atom is 0.407 e. The van der Waals surface area contributed by atoms with Gasteiger partial charge in [-0.05, 0) is 45.4 Å². The number of carbonyl (C=O) groups is 1. The average molecular weight is 468 g/mol. The van der Waals surface area contributed by atoms with E-state index < -0.39 is 0 Å². The van der Waals surface area contributed by atoms with E-state index in [9.17, 15) is 4.79 Å². The van der Waals surface area contributed by atoms with Crippen molar-refractivity contribution in [3.63, 3.8) is 0 Å². The van der Waals surface area contributed by atoms with E-state index in [0.717, 1.165) is 51.3 Å². The van der Waals surface area contributed by atoms with E-state index in [2.05, 4.69) is 20.5 Å². The molecule has 0 spiro atoms. The smallest absolute Gasteiger partial charge is 0.407 e. The maximum atomic E-state index is 11.7. The van der Waals surface area contributed by atoms with Gasteiger partial charge in [0.1, 0.15) is 0 Å². The first-order valence-electron chi connectivity index (χ1n) is 9.18. The van der Waals surface area contributed by atoms with E-state index in [1.165, 1.54) is 0 Å². The molecule has 25 heavy (non-hydrogen) atoms. The second-order valence-electron chi connectivity index (χ2n) is 6.38. The minimum Gasteiger partial charge on any atom is -0.450 e. The van der Waals surface area contributed by atoms with Crippen molar-refractivity contribution in [3.8, 4) is 0 Å². The van der Waals surface area contributed by atoms with Crippen molar-refractivity contribution in [1.29, 1.82) is 0 Å². The summed E-state index contributed by atoms with van der Waals surface area (Å²) < 4.78 is 10.7. The fourth-order valence-electron chi connectivity index (χ4n) is 3.16. The van der Waals surface area contributed by atoms with Gasteiger partial charge in [0.05, 0.1) is 18.8 Å². The summed E-state index contributed by atoms with van der Waals surface area (Å²) in [7, 11) is 1.81. The SMILES string of the molecule is CCOC(=O)NC(CNC(=NC)N1CCC(OCC)CC1)C1CC1.I. The first-order chi connectivity index (χ1) is 11.7. The summed E-state index contributed by atoms with van der Waals surface area (Å²) in [6.45, 7) is 7.61. The lowest BCUT2D eigenvalue weighted by Crippen LogP contribution is -2.51. The number of guanidine groups is 1. The highest BCUT2D eigenvalue weighted by Gasteiger charge is 2.33. The Kier molecular flexibility index (Phi) is 10.5. The number of likely N-dealkylation sites (tertiary alicyclic amines) is 1. The highest BCUT2D eigenvalue weighted by molar-refractivity contribution is 14.0. The standard InChI is InChI=1S/C17H32N4O3.HI/c1-4-23-14-8-10-21(11-9-14)16(18-3)19-12-15(13-6-7-13)20-17(22)24-5-2;/h13-15H,4-12H2,1-3H3,(H,18,19)(H,20,22);1H. The number of ether oxygens (including phenoxy) is 2. The summed E-state index contributed by atoms with van der Waals surface area (Å²) in [5, 5.41) is 6.39. The first-order valence-corrected chi connectivity index (χ1v) is 9.18. The van der Waals surface area contributed by atoms with E-state index in [1.54, 1.807) is 0 Å². The summed E-state index contributed by atoms with van der Waals surface area (Å²) in [6.07, 6.45) is 4.43. The molecular weight excluding hydrogens is 435 g/mol. The first kappa shape index (κ1) is 22.3. The lowest BCUT2D eigenvalue weighted by Gasteiger charge is -2.34. The van der Waals surface area contributed by atoms with Gasteiger partial charge in [0.25, 0.3) is 0 Å². The van der Waals surface area contributed by atoms with Gasteiger partial charge in [-0.2, -0.15) is 0 Å². The summed E-state index contributed by atoms with van der Waals surface area (Å²) in [6, 6.07) is 0.0989. The van der Waals surface area contributed by atoms with Crippen molar-refractivity contribution in [2.24, 2.45) is 10.9 Å². The van der Waals surface area contributed by atoms with Crippen molar-refractivity contribution in [2.45, 2.75) is 51.7 Å². The molecule has 0 radical (unpaired) electrons. The molecule has 1 saturated carbocycles. The predicted octanol–water partition coefficient (Wildman–Crippen LogP) is 2.21. The molecule has 1 aliphatic carbocycles. The van der Waals surface area contributed by atoms with Gasteiger partial charge in [0, 0.05) is 33.3 Å². The molecule has 2 N–H and O–H groups in total. The molecule has 0 aromatic heterocycles. The van der Waals surface area contributed by atoms with E-state index in [1.807, 2.05) is 20.9 Å². The lowest BCUT2D eigenvalue weighted by atomic mass is 10.1. The molecule has 7 nitrogen and oxygen atoms in total. The molecule has 1 aliphatic heterocycles. The summed E-state index contributed by atoms with van der Waals surface area (Å²) >= 11 is 0. The molecule has 0 aromatic carbocycles. The van der Waals surface area contributed by atoms with E-state index in [-0.39, 0.29) is 36.1 Å². The number of carbonyl (C=O) groups excluding carboxylic acids is 1. The van der Waals surface area contributed by atoms with Gasteiger partial charge >= 0.3 is 6.09 Å². The Balaban J connectivity index is 0.00000312. The van der Waals surface area contributed by atoms with Crippen LogP contribution in [0.3, 0.4) is 0 Å². The summed E-state index contributed by atoms with van der Waals surface area (Å²) in [4.78, 5) is 18.3. The molecule has 1 amide bonds. The fraction of sp³-hybridized carbons (Fsp3) is 0.882. The zero-order chi connectivity index (χ0) is 17.4. The Hall–Kier alpha value is -0.770. The van der Waals surface area contributed by atoms with Crippen LogP contribution in [-0.2, 0) is 9.47 Å². The number of aliphatic imine (C=N–C) groups is 1. The van der Waals surface area contributed by atoms with E-state index >= 15 is 0 Å². The number of nitrogens with zero attached hydrogens (tertiary/aromatic N) is 2. The molecule has 2 rings (SSSR count). The molecule has 146 valence electrons. The highest BCUT2D eigenvalue weighted by atomic mass is 127. The third-order valence-electron chi connectivity index (χ3n) is 4.61. The van der Waals surface area contributed by atoms with Crippen molar-refractivity contribution in [2.75, 3.05) is 39.9 Å². The maximum absolute atomic E-state index is 11.7. The Morgan fingerprint density at radius 1 is 1.20 bits per heavy atom. The fourth-order valence-corrected chi connectivity index (χ4v) is 3.16. The summed E-state index contributed by atoms with van der Waals surface area (Å²) in [5.74, 6) is 1.45. The molecule has 1 unspecified atom stereocenters. The Bertz CT molecular complexity index is 424. The lowest BCUT2D eigenvalue weighted by molar-refractivity contribution is 0.0263. The van der Waals surface area contributed by atoms with Crippen LogP contribution in [0.25, 0.3) is 0 Å². The number of hydrogen-bond acceptors (Lipinski definition) is 4. The number of piperidine rings is 1. The van der Waals surface area contributed by atoms with Crippen LogP contribution in [0.5, 0.6) is 0 Å². The quantitative estimate of drug-likeness (QED) is 0.341. The van der Waals surface area contributed by atoms with Crippen LogP contribution in [0, 0.1) is 5.92 Å². The molecule has 1 saturated heterocycles. The van der Waals surface area contributed by atoms with Crippen molar-refractivity contribution in [1.82, 2.24) is 15.5 Å². The van der Waals surface area contributed by atoms with E-state index in [0.29, 0.717) is 25.2 Å². The number of alkyl carbamates (subject to hydrolysis) is 1. The van der Waals surface area contributed by atoms with E-state index in [4.69, 9.17) is 9.47 Å². The third kappa shape index (κ3) is 7.55. The molecular formula is C17H33IN4O3. The molecule has 2 fully saturated rings. The third-order valence-corrected chi connectivity index (χ3v) is 4.61. The van der Waals surface area contributed by atoms with Crippen molar-refractivity contribution in [3.05, 3.63) is 0 Å². The van der Waals surface area contributed by atoms with Crippen LogP contribution in [0.1, 0.15) is 39.5 Å². The minimum absolute atomic E-state index is 0. The number of nitrogens with one attached hydrogen (secondary N) is 2. The molecule has 2 aliphatic rings. The molecule has 1 atom stereocenters. The van der Waals surface area contributed by atoms with Gasteiger partial charge in [0.2, 0.25) is 0 Å². The normalized spacial score (nSPS) is 19.8. The van der Waals surface area contributed by atoms with Crippen LogP contribution in [0.2, 0.25) is 0 Å². The van der Waals surface area contributed by atoms with Gasteiger partial charge < -0.3 is 25.0 Å². The van der Waals surface area contributed by atoms with Crippen LogP contribution >= 0.6 is 24.0 Å². The van der Waals surface area contributed by atoms with Gasteiger partial charge in [0.15, 0.2) is 5.96 Å². The van der Waals surface area contributed by atoms with Gasteiger partial charge in [-0.15, -0.1) is 24.0 Å². The Morgan fingerprint density at radius 3 is 2.40 bits per heavy atom. The average Bonchev–Trinajstić information content (AvgIpc) is 3.41. The Labute approximate surface area is 168 Å². The zero-order valence-corrected chi connectivity index (χ0v) is 18.0. The largest absolute Gasteiger partial charge is 0.450 e. The van der Waals surface area contributed by atoms with Crippen LogP contribution < -0.4 is 10.6 Å². The number of amides is 1. The summed E-state index contributed by atoms with van der Waals surface area (Å²) in [5.41, 5.74) is 0. The number of halogens is 1. The second kappa shape index (κ2) is 11.8. The van der Waals surface area contributed by atoms with Crippen LogP contribution in [0.15, 0.2) is 4.99 Å². The molecule has 1 heterocycles. The topological polar surface area (TPSA) is 75.2 Å². The minimum atomic E-state index is -0.330. The monoisotopic (exact) mass is 468 g/mol.